The van der Waals surface area contributed by atoms with Crippen molar-refractivity contribution in [3.63, 3.8) is 0 Å². The number of benzene rings is 2. The highest BCUT2D eigenvalue weighted by molar-refractivity contribution is 7.89. The minimum Gasteiger partial charge on any atom is -0.360 e. The molecule has 0 aliphatic rings. The van der Waals surface area contributed by atoms with Gasteiger partial charge in [0.15, 0.2) is 0 Å². The number of hydrogen-bond donors (Lipinski definition) is 2. The van der Waals surface area contributed by atoms with Crippen molar-refractivity contribution in [2.45, 2.75) is 18.2 Å². The van der Waals surface area contributed by atoms with Crippen molar-refractivity contribution in [3.8, 4) is 0 Å². The summed E-state index contributed by atoms with van der Waals surface area (Å²) in [7, 11) is -3.64. The number of H-pyrrole nitrogens is 1. The number of nitrogens with one attached hydrogen (secondary N) is 2. The first-order chi connectivity index (χ1) is 11.1. The van der Waals surface area contributed by atoms with Gasteiger partial charge in [0.25, 0.3) is 10.0 Å². The van der Waals surface area contributed by atoms with Gasteiger partial charge in [0, 0.05) is 22.7 Å². The Kier molecular flexibility index (Phi) is 4.16. The van der Waals surface area contributed by atoms with Gasteiger partial charge in [-0.2, -0.15) is 13.5 Å². The predicted octanol–water partition coefficient (Wildman–Crippen LogP) is 3.04. The first-order valence-electron chi connectivity index (χ1n) is 7.30. The van der Waals surface area contributed by atoms with Crippen molar-refractivity contribution in [2.24, 2.45) is 5.10 Å². The molecule has 0 spiro atoms. The zero-order chi connectivity index (χ0) is 16.3. The predicted molar refractivity (Wildman–Crippen MR) is 92.0 cm³/mol. The Morgan fingerprint density at radius 1 is 1.13 bits per heavy atom. The van der Waals surface area contributed by atoms with E-state index in [1.54, 1.807) is 18.2 Å². The monoisotopic (exact) mass is 327 g/mol. The normalized spacial score (nSPS) is 12.0. The van der Waals surface area contributed by atoms with Crippen LogP contribution in [0.1, 0.15) is 18.1 Å². The lowest BCUT2D eigenvalue weighted by Crippen LogP contribution is -2.18. The summed E-state index contributed by atoms with van der Waals surface area (Å²) in [4.78, 5) is 5.64. The van der Waals surface area contributed by atoms with Crippen LogP contribution in [0.3, 0.4) is 0 Å². The number of hydrazone groups is 1. The Balaban J connectivity index is 1.84. The van der Waals surface area contributed by atoms with E-state index in [1.807, 2.05) is 18.3 Å². The minimum atomic E-state index is -3.64. The fraction of sp³-hybridized carbons (Fsp3) is 0.118. The number of fused-ring (bicyclic) bond motifs is 1. The molecule has 0 aliphatic carbocycles. The van der Waals surface area contributed by atoms with Gasteiger partial charge in [-0.15, -0.1) is 0 Å². The standard InChI is InChI=1S/C17H17N3O2S/c1-2-13-7-6-10-16-14(11-18-17(13)16)12-19-20-23(21,22)15-8-4-3-5-9-15/h3-12,18,20H,2H2,1H3/b19-12+. The molecule has 118 valence electrons. The largest absolute Gasteiger partial charge is 0.360 e. The van der Waals surface area contributed by atoms with Crippen molar-refractivity contribution in [1.29, 1.82) is 0 Å². The van der Waals surface area contributed by atoms with Gasteiger partial charge in [-0.05, 0) is 24.1 Å². The number of aromatic amines is 1. The molecule has 0 radical (unpaired) electrons. The van der Waals surface area contributed by atoms with Gasteiger partial charge < -0.3 is 4.98 Å². The number of nitrogens with zero attached hydrogens (tertiary/aromatic N) is 1. The molecule has 0 fully saturated rings. The number of hydrogen-bond acceptors (Lipinski definition) is 3. The molecule has 0 amide bonds. The van der Waals surface area contributed by atoms with E-state index >= 15 is 0 Å². The highest BCUT2D eigenvalue weighted by atomic mass is 32.2. The molecule has 3 rings (SSSR count). The first-order valence-corrected chi connectivity index (χ1v) is 8.79. The highest BCUT2D eigenvalue weighted by Crippen LogP contribution is 2.21. The van der Waals surface area contributed by atoms with Crippen LogP contribution in [0.15, 0.2) is 64.7 Å². The molecule has 5 nitrogen and oxygen atoms in total. The third-order valence-corrected chi connectivity index (χ3v) is 4.88. The van der Waals surface area contributed by atoms with Crippen LogP contribution < -0.4 is 4.83 Å². The van der Waals surface area contributed by atoms with Gasteiger partial charge in [-0.25, -0.2) is 4.83 Å². The van der Waals surface area contributed by atoms with Gasteiger partial charge in [-0.3, -0.25) is 0 Å². The average Bonchev–Trinajstić information content (AvgIpc) is 2.99. The molecule has 0 aliphatic heterocycles. The molecule has 1 heterocycles. The van der Waals surface area contributed by atoms with Crippen LogP contribution in [-0.2, 0) is 16.4 Å². The first kappa shape index (κ1) is 15.3. The summed E-state index contributed by atoms with van der Waals surface area (Å²) in [5.41, 5.74) is 3.11. The van der Waals surface area contributed by atoms with Crippen LogP contribution in [0, 0.1) is 0 Å². The molecule has 2 aromatic carbocycles. The highest BCUT2D eigenvalue weighted by Gasteiger charge is 2.11. The quantitative estimate of drug-likeness (QED) is 0.558. The number of sulfonamides is 1. The molecule has 2 N–H and O–H groups in total. The molecule has 23 heavy (non-hydrogen) atoms. The summed E-state index contributed by atoms with van der Waals surface area (Å²) in [6.07, 6.45) is 4.26. The smallest absolute Gasteiger partial charge is 0.276 e. The SMILES string of the molecule is CCc1cccc2c(/C=N/NS(=O)(=O)c3ccccc3)c[nH]c12. The third-order valence-electron chi connectivity index (χ3n) is 3.64. The van der Waals surface area contributed by atoms with E-state index in [0.29, 0.717) is 0 Å². The lowest BCUT2D eigenvalue weighted by molar-refractivity contribution is 0.584. The molecule has 0 bridgehead atoms. The lowest BCUT2D eigenvalue weighted by Gasteiger charge is -2.02. The van der Waals surface area contributed by atoms with Crippen molar-refractivity contribution < 1.29 is 8.42 Å². The Bertz CT molecular complexity index is 944. The maximum Gasteiger partial charge on any atom is 0.276 e. The van der Waals surface area contributed by atoms with Crippen molar-refractivity contribution in [2.75, 3.05) is 0 Å². The zero-order valence-corrected chi connectivity index (χ0v) is 13.5. The number of rotatable bonds is 5. The van der Waals surface area contributed by atoms with E-state index in [4.69, 9.17) is 0 Å². The zero-order valence-electron chi connectivity index (χ0n) is 12.7. The Labute approximate surface area is 135 Å². The molecule has 3 aromatic rings. The van der Waals surface area contributed by atoms with Crippen molar-refractivity contribution in [1.82, 2.24) is 9.82 Å². The Hall–Kier alpha value is -2.60. The molecule has 0 unspecified atom stereocenters. The summed E-state index contributed by atoms with van der Waals surface area (Å²) in [6.45, 7) is 2.09. The average molecular weight is 327 g/mol. The van der Waals surface area contributed by atoms with Crippen LogP contribution >= 0.6 is 0 Å². The summed E-state index contributed by atoms with van der Waals surface area (Å²) >= 11 is 0. The molecule has 0 saturated heterocycles. The molecule has 0 saturated carbocycles. The van der Waals surface area contributed by atoms with Crippen LogP contribution in [0.2, 0.25) is 0 Å². The van der Waals surface area contributed by atoms with Gasteiger partial charge in [0.1, 0.15) is 0 Å². The number of aromatic nitrogens is 1. The Morgan fingerprint density at radius 3 is 2.65 bits per heavy atom. The summed E-state index contributed by atoms with van der Waals surface area (Å²) < 4.78 is 24.2. The third kappa shape index (κ3) is 3.12. The topological polar surface area (TPSA) is 74.3 Å². The summed E-state index contributed by atoms with van der Waals surface area (Å²) in [6, 6.07) is 14.2. The second-order valence-electron chi connectivity index (χ2n) is 5.10. The van der Waals surface area contributed by atoms with E-state index < -0.39 is 10.0 Å². The van der Waals surface area contributed by atoms with Crippen LogP contribution in [0.25, 0.3) is 10.9 Å². The Morgan fingerprint density at radius 2 is 1.91 bits per heavy atom. The second kappa shape index (κ2) is 6.26. The number of aryl methyl sites for hydroxylation is 1. The fourth-order valence-corrected chi connectivity index (χ4v) is 3.27. The van der Waals surface area contributed by atoms with Gasteiger partial charge >= 0.3 is 0 Å². The van der Waals surface area contributed by atoms with E-state index in [1.165, 1.54) is 23.9 Å². The maximum atomic E-state index is 12.1. The second-order valence-corrected chi connectivity index (χ2v) is 6.76. The minimum absolute atomic E-state index is 0.185. The molecule has 0 atom stereocenters. The van der Waals surface area contributed by atoms with E-state index in [9.17, 15) is 8.42 Å². The van der Waals surface area contributed by atoms with E-state index in [-0.39, 0.29) is 4.90 Å². The van der Waals surface area contributed by atoms with Crippen LogP contribution in [-0.4, -0.2) is 19.6 Å². The molecule has 1 aromatic heterocycles. The van der Waals surface area contributed by atoms with Crippen molar-refractivity contribution >= 4 is 27.1 Å². The van der Waals surface area contributed by atoms with E-state index in [2.05, 4.69) is 27.9 Å². The summed E-state index contributed by atoms with van der Waals surface area (Å²) in [5, 5.41) is 4.90. The van der Waals surface area contributed by atoms with Gasteiger partial charge in [0.2, 0.25) is 0 Å². The van der Waals surface area contributed by atoms with Crippen molar-refractivity contribution in [3.05, 3.63) is 65.9 Å². The van der Waals surface area contributed by atoms with Gasteiger partial charge in [0.05, 0.1) is 11.1 Å². The molecule has 6 heteroatoms. The molecular formula is C17H17N3O2S. The maximum absolute atomic E-state index is 12.1. The summed E-state index contributed by atoms with van der Waals surface area (Å²) in [5.74, 6) is 0. The van der Waals surface area contributed by atoms with Crippen LogP contribution in [0.4, 0.5) is 0 Å². The van der Waals surface area contributed by atoms with Gasteiger partial charge in [-0.1, -0.05) is 43.3 Å². The van der Waals surface area contributed by atoms with E-state index in [0.717, 1.165) is 22.9 Å². The fourth-order valence-electron chi connectivity index (χ4n) is 2.46. The molecular weight excluding hydrogens is 310 g/mol. The lowest BCUT2D eigenvalue weighted by atomic mass is 10.1. The van der Waals surface area contributed by atoms with Crippen LogP contribution in [0.5, 0.6) is 0 Å². The number of para-hydroxylation sites is 1.